The monoisotopic (exact) mass is 446 g/mol. The van der Waals surface area contributed by atoms with Crippen molar-refractivity contribution in [3.05, 3.63) is 66.4 Å². The number of hydrogen-bond donors (Lipinski definition) is 2. The Kier molecular flexibility index (Phi) is 7.40. The van der Waals surface area contributed by atoms with Gasteiger partial charge in [-0.15, -0.1) is 0 Å². The van der Waals surface area contributed by atoms with Gasteiger partial charge in [0, 0.05) is 24.6 Å². The first kappa shape index (κ1) is 22.6. The molecule has 2 N–H and O–H groups in total. The Morgan fingerprint density at radius 3 is 2.36 bits per heavy atom. The predicted octanol–water partition coefficient (Wildman–Crippen LogP) is 3.97. The van der Waals surface area contributed by atoms with E-state index in [1.165, 1.54) is 6.42 Å². The zero-order chi connectivity index (χ0) is 23.0. The summed E-state index contributed by atoms with van der Waals surface area (Å²) in [5.74, 6) is 0.700. The van der Waals surface area contributed by atoms with Crippen LogP contribution < -0.4 is 15.4 Å². The molecule has 1 saturated carbocycles. The maximum Gasteiger partial charge on any atom is 0.271 e. The van der Waals surface area contributed by atoms with Gasteiger partial charge < -0.3 is 15.4 Å². The summed E-state index contributed by atoms with van der Waals surface area (Å²) in [6, 6.07) is 19.1. The number of benzene rings is 2. The van der Waals surface area contributed by atoms with Crippen LogP contribution in [0.3, 0.4) is 0 Å². The second kappa shape index (κ2) is 10.8. The van der Waals surface area contributed by atoms with Crippen LogP contribution in [0.5, 0.6) is 5.75 Å². The normalized spacial score (nSPS) is 14.0. The highest BCUT2D eigenvalue weighted by Crippen LogP contribution is 2.26. The number of rotatable bonds is 8. The number of nitrogens with zero attached hydrogens (tertiary/aromatic N) is 2. The number of ether oxygens (including phenoxy) is 1. The Hall–Kier alpha value is -3.61. The van der Waals surface area contributed by atoms with E-state index in [-0.39, 0.29) is 17.7 Å². The summed E-state index contributed by atoms with van der Waals surface area (Å²) < 4.78 is 7.02. The van der Waals surface area contributed by atoms with Crippen LogP contribution in [0, 0.1) is 5.92 Å². The quantitative estimate of drug-likeness (QED) is 0.513. The van der Waals surface area contributed by atoms with Gasteiger partial charge in [-0.2, -0.15) is 5.10 Å². The second-order valence-electron chi connectivity index (χ2n) is 8.27. The first-order valence-electron chi connectivity index (χ1n) is 11.5. The number of hydrogen-bond acceptors (Lipinski definition) is 4. The number of nitrogens with one attached hydrogen (secondary N) is 2. The van der Waals surface area contributed by atoms with Gasteiger partial charge in [0.05, 0.1) is 18.5 Å². The van der Waals surface area contributed by atoms with Crippen LogP contribution in [0.4, 0.5) is 0 Å². The van der Waals surface area contributed by atoms with E-state index in [1.807, 2.05) is 54.6 Å². The van der Waals surface area contributed by atoms with Crippen LogP contribution in [0.25, 0.3) is 16.9 Å². The molecule has 1 aromatic heterocycles. The summed E-state index contributed by atoms with van der Waals surface area (Å²) >= 11 is 0. The second-order valence-corrected chi connectivity index (χ2v) is 8.27. The molecule has 0 unspecified atom stereocenters. The molecule has 0 aliphatic heterocycles. The SMILES string of the molecule is COc1ccc(-c2cc(C(=O)NCCNC(=O)C3CCCCC3)nn2-c2ccccc2)cc1. The van der Waals surface area contributed by atoms with Crippen LogP contribution >= 0.6 is 0 Å². The van der Waals surface area contributed by atoms with Crippen molar-refractivity contribution in [2.75, 3.05) is 20.2 Å². The van der Waals surface area contributed by atoms with Gasteiger partial charge in [0.15, 0.2) is 5.69 Å². The Bertz CT molecular complexity index is 1070. The molecule has 7 heteroatoms. The van der Waals surface area contributed by atoms with Gasteiger partial charge in [-0.3, -0.25) is 9.59 Å². The summed E-state index contributed by atoms with van der Waals surface area (Å²) in [5, 5.41) is 10.4. The molecule has 1 heterocycles. The highest BCUT2D eigenvalue weighted by atomic mass is 16.5. The van der Waals surface area contributed by atoms with Crippen LogP contribution in [0.1, 0.15) is 42.6 Å². The number of carbonyl (C=O) groups is 2. The highest BCUT2D eigenvalue weighted by molar-refractivity contribution is 5.93. The molecule has 1 aliphatic rings. The molecule has 1 fully saturated rings. The molecule has 0 spiro atoms. The van der Waals surface area contributed by atoms with Gasteiger partial charge >= 0.3 is 0 Å². The van der Waals surface area contributed by atoms with Crippen molar-refractivity contribution in [3.8, 4) is 22.7 Å². The third-order valence-electron chi connectivity index (χ3n) is 6.01. The average Bonchev–Trinajstić information content (AvgIpc) is 3.33. The van der Waals surface area contributed by atoms with Gasteiger partial charge in [-0.1, -0.05) is 37.5 Å². The molecule has 0 bridgehead atoms. The maximum absolute atomic E-state index is 12.8. The van der Waals surface area contributed by atoms with Gasteiger partial charge in [0.2, 0.25) is 5.91 Å². The van der Waals surface area contributed by atoms with E-state index < -0.39 is 0 Å². The van der Waals surface area contributed by atoms with Crippen molar-refractivity contribution in [2.24, 2.45) is 5.92 Å². The number of amides is 2. The minimum atomic E-state index is -0.272. The summed E-state index contributed by atoms with van der Waals surface area (Å²) in [6.45, 7) is 0.763. The molecule has 0 saturated heterocycles. The van der Waals surface area contributed by atoms with Crippen molar-refractivity contribution >= 4 is 11.8 Å². The van der Waals surface area contributed by atoms with Gasteiger partial charge in [0.25, 0.3) is 5.91 Å². The molecule has 2 aromatic carbocycles. The van der Waals surface area contributed by atoms with Gasteiger partial charge in [-0.25, -0.2) is 4.68 Å². The number of para-hydroxylation sites is 1. The lowest BCUT2D eigenvalue weighted by Crippen LogP contribution is -2.38. The average molecular weight is 447 g/mol. The Morgan fingerprint density at radius 1 is 0.970 bits per heavy atom. The first-order chi connectivity index (χ1) is 16.2. The molecule has 7 nitrogen and oxygen atoms in total. The third kappa shape index (κ3) is 5.61. The smallest absolute Gasteiger partial charge is 0.271 e. The van der Waals surface area contributed by atoms with Crippen LogP contribution in [0.2, 0.25) is 0 Å². The zero-order valence-electron chi connectivity index (χ0n) is 18.9. The van der Waals surface area contributed by atoms with E-state index >= 15 is 0 Å². The third-order valence-corrected chi connectivity index (χ3v) is 6.01. The highest BCUT2D eigenvalue weighted by Gasteiger charge is 2.21. The number of methoxy groups -OCH3 is 1. The van der Waals surface area contributed by atoms with Crippen molar-refractivity contribution in [1.82, 2.24) is 20.4 Å². The molecule has 2 amide bonds. The van der Waals surface area contributed by atoms with Crippen LogP contribution in [0.15, 0.2) is 60.7 Å². The van der Waals surface area contributed by atoms with E-state index in [0.717, 1.165) is 48.4 Å². The predicted molar refractivity (Wildman–Crippen MR) is 127 cm³/mol. The topological polar surface area (TPSA) is 85.2 Å². The van der Waals surface area contributed by atoms with Crippen molar-refractivity contribution < 1.29 is 14.3 Å². The van der Waals surface area contributed by atoms with Crippen LogP contribution in [-0.4, -0.2) is 41.8 Å². The fourth-order valence-electron chi connectivity index (χ4n) is 4.19. The van der Waals surface area contributed by atoms with E-state index in [4.69, 9.17) is 4.74 Å². The first-order valence-corrected chi connectivity index (χ1v) is 11.5. The maximum atomic E-state index is 12.8. The fourth-order valence-corrected chi connectivity index (χ4v) is 4.19. The van der Waals surface area contributed by atoms with Crippen molar-refractivity contribution in [3.63, 3.8) is 0 Å². The lowest BCUT2D eigenvalue weighted by molar-refractivity contribution is -0.125. The number of aromatic nitrogens is 2. The number of carbonyl (C=O) groups excluding carboxylic acids is 2. The molecule has 0 atom stereocenters. The minimum Gasteiger partial charge on any atom is -0.497 e. The lowest BCUT2D eigenvalue weighted by Gasteiger charge is -2.20. The molecular formula is C26H30N4O3. The fraction of sp³-hybridized carbons (Fsp3) is 0.346. The molecule has 3 aromatic rings. The molecule has 33 heavy (non-hydrogen) atoms. The van der Waals surface area contributed by atoms with Crippen molar-refractivity contribution in [2.45, 2.75) is 32.1 Å². The molecule has 4 rings (SSSR count). The summed E-state index contributed by atoms with van der Waals surface area (Å²) in [4.78, 5) is 25.1. The van der Waals surface area contributed by atoms with Crippen LogP contribution in [-0.2, 0) is 4.79 Å². The van der Waals surface area contributed by atoms with E-state index in [1.54, 1.807) is 17.9 Å². The van der Waals surface area contributed by atoms with E-state index in [0.29, 0.717) is 18.8 Å². The Morgan fingerprint density at radius 2 is 1.67 bits per heavy atom. The standard InChI is InChI=1S/C26H30N4O3/c1-33-22-14-12-19(13-15-22)24-18-23(29-30(24)21-10-6-3-7-11-21)26(32)28-17-16-27-25(31)20-8-4-2-5-9-20/h3,6-7,10-15,18,20H,2,4-5,8-9,16-17H2,1H3,(H,27,31)(H,28,32). The molecular weight excluding hydrogens is 416 g/mol. The van der Waals surface area contributed by atoms with Crippen molar-refractivity contribution in [1.29, 1.82) is 0 Å². The molecule has 1 aliphatic carbocycles. The zero-order valence-corrected chi connectivity index (χ0v) is 18.9. The Labute approximate surface area is 194 Å². The Balaban J connectivity index is 1.44. The minimum absolute atomic E-state index is 0.0964. The lowest BCUT2D eigenvalue weighted by atomic mass is 9.89. The molecule has 172 valence electrons. The van der Waals surface area contributed by atoms with Gasteiger partial charge in [0.1, 0.15) is 5.75 Å². The van der Waals surface area contributed by atoms with Gasteiger partial charge in [-0.05, 0) is 55.3 Å². The summed E-state index contributed by atoms with van der Waals surface area (Å²) in [7, 11) is 1.63. The summed E-state index contributed by atoms with van der Waals surface area (Å²) in [5.41, 5.74) is 2.91. The summed E-state index contributed by atoms with van der Waals surface area (Å²) in [6.07, 6.45) is 5.38. The van der Waals surface area contributed by atoms with E-state index in [2.05, 4.69) is 15.7 Å². The molecule has 0 radical (unpaired) electrons. The van der Waals surface area contributed by atoms with E-state index in [9.17, 15) is 9.59 Å². The largest absolute Gasteiger partial charge is 0.497 e.